The van der Waals surface area contributed by atoms with Gasteiger partial charge in [-0.1, -0.05) is 6.07 Å². The summed E-state index contributed by atoms with van der Waals surface area (Å²) in [6.07, 6.45) is 2.37. The number of hydrogen-bond acceptors (Lipinski definition) is 4. The second-order valence-corrected chi connectivity index (χ2v) is 5.30. The minimum atomic E-state index is -0.930. The molecule has 0 aliphatic carbocycles. The van der Waals surface area contributed by atoms with Crippen LogP contribution in [0.4, 0.5) is 0 Å². The third-order valence-electron chi connectivity index (χ3n) is 3.91. The Morgan fingerprint density at radius 1 is 1.23 bits per heavy atom. The zero-order valence-electron chi connectivity index (χ0n) is 12.9. The fourth-order valence-corrected chi connectivity index (χ4v) is 2.75. The highest BCUT2D eigenvalue weighted by atomic mass is 16.5. The number of benzene rings is 1. The molecule has 120 valence electrons. The number of carbonyl (C=O) groups excluding carboxylic acids is 1. The van der Waals surface area contributed by atoms with Gasteiger partial charge in [0.15, 0.2) is 11.5 Å². The Morgan fingerprint density at radius 2 is 1.95 bits per heavy atom. The van der Waals surface area contributed by atoms with Gasteiger partial charge in [-0.3, -0.25) is 4.79 Å². The van der Waals surface area contributed by atoms with Crippen LogP contribution in [0.3, 0.4) is 0 Å². The zero-order chi connectivity index (χ0) is 16.1. The number of aliphatic carboxylic acids is 1. The van der Waals surface area contributed by atoms with E-state index in [1.807, 2.05) is 0 Å². The molecule has 1 aliphatic rings. The SMILES string of the molecule is COc1ccc(CC(=O)N2CCCC[C@@H]2C(=O)O)cc1OC. The highest BCUT2D eigenvalue weighted by Crippen LogP contribution is 2.28. The Bertz CT molecular complexity index is 557. The van der Waals surface area contributed by atoms with Gasteiger partial charge >= 0.3 is 5.97 Å². The summed E-state index contributed by atoms with van der Waals surface area (Å²) in [6.45, 7) is 0.503. The minimum Gasteiger partial charge on any atom is -0.493 e. The third-order valence-corrected chi connectivity index (χ3v) is 3.91. The Hall–Kier alpha value is -2.24. The van der Waals surface area contributed by atoms with Gasteiger partial charge < -0.3 is 19.5 Å². The maximum atomic E-state index is 12.4. The van der Waals surface area contributed by atoms with Crippen molar-refractivity contribution in [3.63, 3.8) is 0 Å². The zero-order valence-corrected chi connectivity index (χ0v) is 12.9. The lowest BCUT2D eigenvalue weighted by Gasteiger charge is -2.33. The van der Waals surface area contributed by atoms with Gasteiger partial charge in [0.2, 0.25) is 5.91 Å². The van der Waals surface area contributed by atoms with Crippen molar-refractivity contribution in [2.75, 3.05) is 20.8 Å². The number of ether oxygens (including phenoxy) is 2. The lowest BCUT2D eigenvalue weighted by molar-refractivity contribution is -0.151. The largest absolute Gasteiger partial charge is 0.493 e. The van der Waals surface area contributed by atoms with Crippen molar-refractivity contribution in [2.24, 2.45) is 0 Å². The van der Waals surface area contributed by atoms with Crippen LogP contribution in [0.15, 0.2) is 18.2 Å². The molecule has 1 aromatic rings. The lowest BCUT2D eigenvalue weighted by atomic mass is 10.0. The quantitative estimate of drug-likeness (QED) is 0.896. The van der Waals surface area contributed by atoms with E-state index in [1.165, 1.54) is 12.0 Å². The van der Waals surface area contributed by atoms with Crippen LogP contribution >= 0.6 is 0 Å². The summed E-state index contributed by atoms with van der Waals surface area (Å²) in [5.41, 5.74) is 0.775. The van der Waals surface area contributed by atoms with Crippen LogP contribution in [0.2, 0.25) is 0 Å². The fraction of sp³-hybridized carbons (Fsp3) is 0.500. The predicted molar refractivity (Wildman–Crippen MR) is 80.2 cm³/mol. The number of carboxylic acid groups (broad SMARTS) is 1. The summed E-state index contributed by atoms with van der Waals surface area (Å²) in [4.78, 5) is 25.2. The van der Waals surface area contributed by atoms with Crippen LogP contribution in [-0.4, -0.2) is 48.7 Å². The Morgan fingerprint density at radius 3 is 2.59 bits per heavy atom. The Balaban J connectivity index is 2.12. The first kappa shape index (κ1) is 16.1. The van der Waals surface area contributed by atoms with E-state index in [0.29, 0.717) is 24.5 Å². The molecule has 0 bridgehead atoms. The maximum absolute atomic E-state index is 12.4. The minimum absolute atomic E-state index is 0.157. The highest BCUT2D eigenvalue weighted by Gasteiger charge is 2.31. The molecule has 1 heterocycles. The number of rotatable bonds is 5. The van der Waals surface area contributed by atoms with Gasteiger partial charge in [-0.25, -0.2) is 4.79 Å². The Kier molecular flexibility index (Phi) is 5.25. The van der Waals surface area contributed by atoms with Gasteiger partial charge in [0.25, 0.3) is 0 Å². The van der Waals surface area contributed by atoms with Crippen LogP contribution in [0.25, 0.3) is 0 Å². The smallest absolute Gasteiger partial charge is 0.326 e. The molecular weight excluding hydrogens is 286 g/mol. The fourth-order valence-electron chi connectivity index (χ4n) is 2.75. The topological polar surface area (TPSA) is 76.1 Å². The number of nitrogens with zero attached hydrogens (tertiary/aromatic N) is 1. The standard InChI is InChI=1S/C16H21NO5/c1-21-13-7-6-11(9-14(13)22-2)10-15(18)17-8-4-3-5-12(17)16(19)20/h6-7,9,12H,3-5,8,10H2,1-2H3,(H,19,20)/t12-/m1/s1. The number of piperidine rings is 1. The maximum Gasteiger partial charge on any atom is 0.326 e. The number of hydrogen-bond donors (Lipinski definition) is 1. The average Bonchev–Trinajstić information content (AvgIpc) is 2.54. The number of methoxy groups -OCH3 is 2. The molecule has 1 fully saturated rings. The first-order valence-electron chi connectivity index (χ1n) is 7.30. The van der Waals surface area contributed by atoms with E-state index in [0.717, 1.165) is 18.4 Å². The van der Waals surface area contributed by atoms with Gasteiger partial charge in [-0.2, -0.15) is 0 Å². The van der Waals surface area contributed by atoms with Gasteiger partial charge in [0, 0.05) is 6.54 Å². The summed E-state index contributed by atoms with van der Waals surface area (Å²) in [7, 11) is 3.09. The van der Waals surface area contributed by atoms with Crippen molar-refractivity contribution in [1.29, 1.82) is 0 Å². The lowest BCUT2D eigenvalue weighted by Crippen LogP contribution is -2.48. The predicted octanol–water partition coefficient (Wildman–Crippen LogP) is 1.71. The highest BCUT2D eigenvalue weighted by molar-refractivity contribution is 5.85. The van der Waals surface area contributed by atoms with Gasteiger partial charge in [-0.05, 0) is 37.0 Å². The van der Waals surface area contributed by atoms with Crippen LogP contribution < -0.4 is 9.47 Å². The second kappa shape index (κ2) is 7.15. The summed E-state index contributed by atoms with van der Waals surface area (Å²) < 4.78 is 10.4. The molecule has 0 saturated carbocycles. The van der Waals surface area contributed by atoms with Crippen LogP contribution in [-0.2, 0) is 16.0 Å². The molecule has 1 aromatic carbocycles. The molecule has 1 N–H and O–H groups in total. The van der Waals surface area contributed by atoms with Crippen molar-refractivity contribution in [3.8, 4) is 11.5 Å². The van der Waals surface area contributed by atoms with Crippen LogP contribution in [0.1, 0.15) is 24.8 Å². The molecule has 22 heavy (non-hydrogen) atoms. The van der Waals surface area contributed by atoms with Crippen molar-refractivity contribution in [3.05, 3.63) is 23.8 Å². The molecule has 1 amide bonds. The second-order valence-electron chi connectivity index (χ2n) is 5.30. The van der Waals surface area contributed by atoms with Crippen molar-refractivity contribution in [2.45, 2.75) is 31.7 Å². The monoisotopic (exact) mass is 307 g/mol. The van der Waals surface area contributed by atoms with Crippen LogP contribution in [0, 0.1) is 0 Å². The summed E-state index contributed by atoms with van der Waals surface area (Å²) in [5, 5.41) is 9.24. The van der Waals surface area contributed by atoms with Gasteiger partial charge in [-0.15, -0.1) is 0 Å². The number of carbonyl (C=O) groups is 2. The van der Waals surface area contributed by atoms with E-state index < -0.39 is 12.0 Å². The molecule has 1 aliphatic heterocycles. The van der Waals surface area contributed by atoms with E-state index in [-0.39, 0.29) is 12.3 Å². The van der Waals surface area contributed by atoms with Crippen molar-refractivity contribution < 1.29 is 24.2 Å². The number of amides is 1. The van der Waals surface area contributed by atoms with E-state index in [1.54, 1.807) is 25.3 Å². The molecule has 0 unspecified atom stereocenters. The Labute approximate surface area is 129 Å². The summed E-state index contributed by atoms with van der Waals surface area (Å²) >= 11 is 0. The van der Waals surface area contributed by atoms with Gasteiger partial charge in [0.1, 0.15) is 6.04 Å². The molecule has 2 rings (SSSR count). The summed E-state index contributed by atoms with van der Waals surface area (Å²) in [6, 6.07) is 4.57. The van der Waals surface area contributed by atoms with Crippen molar-refractivity contribution in [1.82, 2.24) is 4.90 Å². The average molecular weight is 307 g/mol. The molecule has 1 saturated heterocycles. The van der Waals surface area contributed by atoms with Crippen LogP contribution in [0.5, 0.6) is 11.5 Å². The van der Waals surface area contributed by atoms with E-state index in [2.05, 4.69) is 0 Å². The third kappa shape index (κ3) is 3.50. The number of carboxylic acids is 1. The molecule has 0 radical (unpaired) electrons. The first-order chi connectivity index (χ1) is 10.6. The molecule has 6 heteroatoms. The molecule has 0 aromatic heterocycles. The van der Waals surface area contributed by atoms with E-state index >= 15 is 0 Å². The van der Waals surface area contributed by atoms with E-state index in [4.69, 9.17) is 9.47 Å². The number of likely N-dealkylation sites (tertiary alicyclic amines) is 1. The van der Waals surface area contributed by atoms with Gasteiger partial charge in [0.05, 0.1) is 20.6 Å². The normalized spacial score (nSPS) is 17.9. The molecule has 0 spiro atoms. The van der Waals surface area contributed by atoms with E-state index in [9.17, 15) is 14.7 Å². The first-order valence-corrected chi connectivity index (χ1v) is 7.30. The van der Waals surface area contributed by atoms with Crippen molar-refractivity contribution >= 4 is 11.9 Å². The molecule has 1 atom stereocenters. The molecular formula is C16H21NO5. The summed E-state index contributed by atoms with van der Waals surface area (Å²) in [5.74, 6) is 0.0565. The molecule has 6 nitrogen and oxygen atoms in total.